The number of carbonyl (C=O) groups excluding carboxylic acids is 1. The van der Waals surface area contributed by atoms with Crippen molar-refractivity contribution in [3.63, 3.8) is 0 Å². The number of aromatic nitrogens is 4. The monoisotopic (exact) mass is 336 g/mol. The zero-order valence-electron chi connectivity index (χ0n) is 14.0. The molecule has 0 radical (unpaired) electrons. The van der Waals surface area contributed by atoms with E-state index >= 15 is 0 Å². The highest BCUT2D eigenvalue weighted by molar-refractivity contribution is 7.11. The Labute approximate surface area is 140 Å². The molecular weight excluding hydrogens is 312 g/mol. The minimum atomic E-state index is -0.231. The van der Waals surface area contributed by atoms with E-state index in [1.807, 2.05) is 6.20 Å². The van der Waals surface area contributed by atoms with Gasteiger partial charge in [0.25, 0.3) is 0 Å². The summed E-state index contributed by atoms with van der Waals surface area (Å²) in [6.45, 7) is 10.1. The second kappa shape index (κ2) is 8.05. The molecule has 0 aliphatic carbocycles. The van der Waals surface area contributed by atoms with Crippen LogP contribution in [0.25, 0.3) is 0 Å². The Morgan fingerprint density at radius 2 is 1.96 bits per heavy atom. The molecule has 7 nitrogen and oxygen atoms in total. The maximum Gasteiger partial charge on any atom is 0.315 e. The van der Waals surface area contributed by atoms with Gasteiger partial charge in [0.15, 0.2) is 0 Å². The fourth-order valence-corrected chi connectivity index (χ4v) is 2.80. The molecule has 0 saturated heterocycles. The molecule has 2 aromatic heterocycles. The molecule has 2 heterocycles. The number of nitrogens with one attached hydrogen (secondary N) is 2. The minimum absolute atomic E-state index is 0.231. The van der Waals surface area contributed by atoms with E-state index in [9.17, 15) is 4.79 Å². The molecular formula is C15H24N6OS. The fraction of sp³-hybridized carbons (Fsp3) is 0.600. The highest BCUT2D eigenvalue weighted by Crippen LogP contribution is 2.18. The normalized spacial score (nSPS) is 11.2. The lowest BCUT2D eigenvalue weighted by Crippen LogP contribution is -2.35. The van der Waals surface area contributed by atoms with Gasteiger partial charge in [-0.05, 0) is 5.92 Å². The van der Waals surface area contributed by atoms with Crippen molar-refractivity contribution in [3.8, 4) is 0 Å². The number of nitrogens with zero attached hydrogens (tertiary/aromatic N) is 4. The zero-order chi connectivity index (χ0) is 16.8. The van der Waals surface area contributed by atoms with E-state index in [0.717, 1.165) is 22.4 Å². The van der Waals surface area contributed by atoms with E-state index in [1.54, 1.807) is 6.20 Å². The van der Waals surface area contributed by atoms with E-state index in [-0.39, 0.29) is 6.03 Å². The summed E-state index contributed by atoms with van der Waals surface area (Å²) in [4.78, 5) is 16.2. The first-order chi connectivity index (χ1) is 11.0. The Balaban J connectivity index is 1.78. The molecule has 0 atom stereocenters. The van der Waals surface area contributed by atoms with Crippen LogP contribution in [0.4, 0.5) is 4.79 Å². The largest absolute Gasteiger partial charge is 0.333 e. The third kappa shape index (κ3) is 5.31. The molecule has 0 saturated carbocycles. The van der Waals surface area contributed by atoms with Crippen molar-refractivity contribution in [2.75, 3.05) is 0 Å². The predicted molar refractivity (Wildman–Crippen MR) is 90.1 cm³/mol. The number of amides is 2. The number of carbonyl (C=O) groups is 1. The summed E-state index contributed by atoms with van der Waals surface area (Å²) >= 11 is 1.53. The molecule has 23 heavy (non-hydrogen) atoms. The van der Waals surface area contributed by atoms with Crippen LogP contribution in [-0.4, -0.2) is 25.8 Å². The average molecular weight is 336 g/mol. The smallest absolute Gasteiger partial charge is 0.315 e. The number of imidazole rings is 1. The van der Waals surface area contributed by atoms with Crippen molar-refractivity contribution < 1.29 is 4.79 Å². The molecule has 0 aliphatic rings. The Morgan fingerprint density at radius 1 is 1.22 bits per heavy atom. The molecule has 8 heteroatoms. The highest BCUT2D eigenvalue weighted by atomic mass is 32.1. The summed E-state index contributed by atoms with van der Waals surface area (Å²) < 4.78 is 2.06. The molecule has 0 aliphatic heterocycles. The molecule has 0 spiro atoms. The van der Waals surface area contributed by atoms with Crippen molar-refractivity contribution in [1.29, 1.82) is 0 Å². The Hall–Kier alpha value is -1.96. The molecule has 126 valence electrons. The first-order valence-electron chi connectivity index (χ1n) is 7.79. The van der Waals surface area contributed by atoms with Gasteiger partial charge in [0, 0.05) is 24.9 Å². The number of urea groups is 1. The first-order valence-corrected chi connectivity index (χ1v) is 8.61. The van der Waals surface area contributed by atoms with Crippen molar-refractivity contribution in [2.24, 2.45) is 5.92 Å². The van der Waals surface area contributed by atoms with Crippen LogP contribution in [0.2, 0.25) is 0 Å². The number of rotatable bonds is 7. The molecule has 2 rings (SSSR count). The molecule has 0 bridgehead atoms. The maximum atomic E-state index is 11.9. The molecule has 2 N–H and O–H groups in total. The lowest BCUT2D eigenvalue weighted by atomic mass is 10.2. The van der Waals surface area contributed by atoms with Gasteiger partial charge >= 0.3 is 6.03 Å². The summed E-state index contributed by atoms with van der Waals surface area (Å²) in [5.74, 6) is 1.74. The topological polar surface area (TPSA) is 84.7 Å². The third-order valence-electron chi connectivity index (χ3n) is 3.15. The lowest BCUT2D eigenvalue weighted by Gasteiger charge is -2.11. The Kier molecular flexibility index (Phi) is 6.09. The van der Waals surface area contributed by atoms with Crippen LogP contribution in [0.1, 0.15) is 49.5 Å². The standard InChI is InChI=1S/C15H24N6OS/c1-10(2)9-21-6-5-16-12(21)7-17-15(22)18-8-13-19-20-14(23-13)11(3)4/h5-6,10-11H,7-9H2,1-4H3,(H2,17,18,22). The van der Waals surface area contributed by atoms with E-state index in [1.165, 1.54) is 11.3 Å². The quantitative estimate of drug-likeness (QED) is 0.813. The Bertz CT molecular complexity index is 633. The van der Waals surface area contributed by atoms with Gasteiger partial charge in [-0.1, -0.05) is 39.0 Å². The van der Waals surface area contributed by atoms with Gasteiger partial charge < -0.3 is 15.2 Å². The van der Waals surface area contributed by atoms with Crippen LogP contribution < -0.4 is 10.6 Å². The summed E-state index contributed by atoms with van der Waals surface area (Å²) in [5.41, 5.74) is 0. The minimum Gasteiger partial charge on any atom is -0.333 e. The van der Waals surface area contributed by atoms with E-state index in [4.69, 9.17) is 0 Å². The molecule has 0 unspecified atom stereocenters. The second-order valence-corrected chi connectivity index (χ2v) is 7.21. The summed E-state index contributed by atoms with van der Waals surface area (Å²) in [5, 5.41) is 15.6. The van der Waals surface area contributed by atoms with E-state index in [2.05, 4.69) is 58.1 Å². The highest BCUT2D eigenvalue weighted by Gasteiger charge is 2.10. The van der Waals surface area contributed by atoms with Gasteiger partial charge in [-0.3, -0.25) is 0 Å². The maximum absolute atomic E-state index is 11.9. The second-order valence-electron chi connectivity index (χ2n) is 6.11. The third-order valence-corrected chi connectivity index (χ3v) is 4.37. The van der Waals surface area contributed by atoms with Crippen molar-refractivity contribution in [2.45, 2.75) is 53.2 Å². The molecule has 2 amide bonds. The molecule has 0 aromatic carbocycles. The van der Waals surface area contributed by atoms with Crippen molar-refractivity contribution in [3.05, 3.63) is 28.2 Å². The number of hydrogen-bond donors (Lipinski definition) is 2. The predicted octanol–water partition coefficient (Wildman–Crippen LogP) is 2.51. The lowest BCUT2D eigenvalue weighted by molar-refractivity contribution is 0.239. The van der Waals surface area contributed by atoms with Crippen LogP contribution in [-0.2, 0) is 19.6 Å². The Morgan fingerprint density at radius 3 is 2.61 bits per heavy atom. The van der Waals surface area contributed by atoms with Crippen LogP contribution in [0, 0.1) is 5.92 Å². The van der Waals surface area contributed by atoms with Gasteiger partial charge in [0.2, 0.25) is 0 Å². The first kappa shape index (κ1) is 17.4. The van der Waals surface area contributed by atoms with Gasteiger partial charge in [-0.25, -0.2) is 9.78 Å². The average Bonchev–Trinajstić information content (AvgIpc) is 3.11. The van der Waals surface area contributed by atoms with Crippen molar-refractivity contribution in [1.82, 2.24) is 30.4 Å². The van der Waals surface area contributed by atoms with Gasteiger partial charge in [-0.15, -0.1) is 10.2 Å². The van der Waals surface area contributed by atoms with Crippen LogP contribution in [0.3, 0.4) is 0 Å². The van der Waals surface area contributed by atoms with Gasteiger partial charge in [-0.2, -0.15) is 0 Å². The number of hydrogen-bond acceptors (Lipinski definition) is 5. The molecule has 0 fully saturated rings. The SMILES string of the molecule is CC(C)Cn1ccnc1CNC(=O)NCc1nnc(C(C)C)s1. The fourth-order valence-electron chi connectivity index (χ4n) is 2.02. The van der Waals surface area contributed by atoms with Crippen LogP contribution in [0.15, 0.2) is 12.4 Å². The van der Waals surface area contributed by atoms with Crippen LogP contribution in [0.5, 0.6) is 0 Å². The van der Waals surface area contributed by atoms with Crippen LogP contribution >= 0.6 is 11.3 Å². The summed E-state index contributed by atoms with van der Waals surface area (Å²) in [6, 6.07) is -0.231. The van der Waals surface area contributed by atoms with Gasteiger partial charge in [0.1, 0.15) is 15.8 Å². The zero-order valence-corrected chi connectivity index (χ0v) is 14.9. The van der Waals surface area contributed by atoms with E-state index in [0.29, 0.717) is 24.9 Å². The summed E-state index contributed by atoms with van der Waals surface area (Å²) in [7, 11) is 0. The van der Waals surface area contributed by atoms with Crippen molar-refractivity contribution >= 4 is 17.4 Å². The van der Waals surface area contributed by atoms with E-state index < -0.39 is 0 Å². The van der Waals surface area contributed by atoms with Gasteiger partial charge in [0.05, 0.1) is 13.1 Å². The summed E-state index contributed by atoms with van der Waals surface area (Å²) in [6.07, 6.45) is 3.69. The molecule has 2 aromatic rings.